The van der Waals surface area contributed by atoms with Gasteiger partial charge in [0.2, 0.25) is 0 Å². The molecule has 1 heterocycles. The predicted molar refractivity (Wildman–Crippen MR) is 69.0 cm³/mol. The van der Waals surface area contributed by atoms with Gasteiger partial charge in [0.1, 0.15) is 12.4 Å². The van der Waals surface area contributed by atoms with Crippen LogP contribution in [-0.2, 0) is 6.42 Å². The van der Waals surface area contributed by atoms with Gasteiger partial charge in [-0.3, -0.25) is 4.98 Å². The molecular formula is C12H20N4O. The Labute approximate surface area is 102 Å². The first kappa shape index (κ1) is 13.3. The lowest BCUT2D eigenvalue weighted by Crippen LogP contribution is -2.27. The minimum atomic E-state index is -0.00900. The largest absolute Gasteiger partial charge is 0.490 e. The highest BCUT2D eigenvalue weighted by atomic mass is 16.5. The standard InChI is InChI=1S/C12H20N4O/c1-3-9-5-11(7-15-6-9)17-8-10(4-2)16-12(13)14/h5-7,10H,3-4,8H2,1-2H3,(H4,13,14,16)/t10-/m1/s1. The molecule has 0 saturated heterocycles. The third kappa shape index (κ3) is 4.72. The first-order valence-corrected chi connectivity index (χ1v) is 5.81. The van der Waals surface area contributed by atoms with E-state index in [0.29, 0.717) is 6.61 Å². The van der Waals surface area contributed by atoms with E-state index in [1.54, 1.807) is 6.20 Å². The number of ether oxygens (including phenoxy) is 1. The summed E-state index contributed by atoms with van der Waals surface area (Å²) < 4.78 is 5.62. The maximum Gasteiger partial charge on any atom is 0.186 e. The van der Waals surface area contributed by atoms with Crippen molar-refractivity contribution >= 4 is 5.96 Å². The quantitative estimate of drug-likeness (QED) is 0.571. The van der Waals surface area contributed by atoms with E-state index in [1.807, 2.05) is 19.2 Å². The van der Waals surface area contributed by atoms with Crippen LogP contribution < -0.4 is 16.2 Å². The molecule has 4 N–H and O–H groups in total. The molecule has 0 aliphatic heterocycles. The summed E-state index contributed by atoms with van der Waals surface area (Å²) in [5.41, 5.74) is 11.8. The summed E-state index contributed by atoms with van der Waals surface area (Å²) in [7, 11) is 0. The van der Waals surface area contributed by atoms with Crippen molar-refractivity contribution in [2.24, 2.45) is 16.5 Å². The van der Waals surface area contributed by atoms with Gasteiger partial charge in [-0.05, 0) is 24.5 Å². The topological polar surface area (TPSA) is 86.5 Å². The van der Waals surface area contributed by atoms with Gasteiger partial charge in [0.15, 0.2) is 5.96 Å². The molecule has 1 atom stereocenters. The van der Waals surface area contributed by atoms with E-state index in [2.05, 4.69) is 16.9 Å². The molecule has 0 saturated carbocycles. The van der Waals surface area contributed by atoms with Crippen LogP contribution in [0.2, 0.25) is 0 Å². The summed E-state index contributed by atoms with van der Waals surface area (Å²) >= 11 is 0. The Balaban J connectivity index is 2.56. The van der Waals surface area contributed by atoms with Gasteiger partial charge in [-0.15, -0.1) is 0 Å². The molecule has 1 rings (SSSR count). The smallest absolute Gasteiger partial charge is 0.186 e. The summed E-state index contributed by atoms with van der Waals surface area (Å²) in [4.78, 5) is 8.19. The maximum absolute atomic E-state index is 5.62. The number of pyridine rings is 1. The van der Waals surface area contributed by atoms with Gasteiger partial charge in [-0.1, -0.05) is 13.8 Å². The van der Waals surface area contributed by atoms with Crippen molar-refractivity contribution in [2.45, 2.75) is 32.7 Å². The van der Waals surface area contributed by atoms with Crippen molar-refractivity contribution in [3.63, 3.8) is 0 Å². The van der Waals surface area contributed by atoms with Crippen LogP contribution in [0.5, 0.6) is 5.75 Å². The van der Waals surface area contributed by atoms with Crippen molar-refractivity contribution < 1.29 is 4.74 Å². The van der Waals surface area contributed by atoms with E-state index in [4.69, 9.17) is 16.2 Å². The fourth-order valence-electron chi connectivity index (χ4n) is 1.39. The Bertz CT molecular complexity index is 375. The number of nitrogens with two attached hydrogens (primary N) is 2. The summed E-state index contributed by atoms with van der Waals surface area (Å²) in [6.45, 7) is 4.56. The molecule has 5 heteroatoms. The lowest BCUT2D eigenvalue weighted by Gasteiger charge is -2.12. The summed E-state index contributed by atoms with van der Waals surface area (Å²) in [6, 6.07) is 1.97. The third-order valence-corrected chi connectivity index (χ3v) is 2.42. The lowest BCUT2D eigenvalue weighted by molar-refractivity contribution is 0.285. The van der Waals surface area contributed by atoms with E-state index in [9.17, 15) is 0 Å². The van der Waals surface area contributed by atoms with Crippen LogP contribution >= 0.6 is 0 Å². The second kappa shape index (κ2) is 6.73. The van der Waals surface area contributed by atoms with Crippen molar-refractivity contribution in [2.75, 3.05) is 6.61 Å². The Morgan fingerprint density at radius 1 is 1.41 bits per heavy atom. The number of nitrogens with zero attached hydrogens (tertiary/aromatic N) is 2. The molecule has 0 aliphatic rings. The van der Waals surface area contributed by atoms with Gasteiger partial charge in [-0.2, -0.15) is 0 Å². The maximum atomic E-state index is 5.62. The molecular weight excluding hydrogens is 216 g/mol. The molecule has 1 aromatic rings. The molecule has 94 valence electrons. The summed E-state index contributed by atoms with van der Waals surface area (Å²) in [6.07, 6.45) is 5.30. The Kier molecular flexibility index (Phi) is 5.26. The molecule has 0 bridgehead atoms. The number of rotatable bonds is 6. The highest BCUT2D eigenvalue weighted by Crippen LogP contribution is 2.12. The first-order valence-electron chi connectivity index (χ1n) is 5.81. The zero-order valence-corrected chi connectivity index (χ0v) is 10.4. The first-order chi connectivity index (χ1) is 8.15. The average molecular weight is 236 g/mol. The van der Waals surface area contributed by atoms with Gasteiger partial charge in [-0.25, -0.2) is 4.99 Å². The number of aromatic nitrogens is 1. The van der Waals surface area contributed by atoms with Crippen LogP contribution in [0.3, 0.4) is 0 Å². The Morgan fingerprint density at radius 2 is 2.18 bits per heavy atom. The van der Waals surface area contributed by atoms with Gasteiger partial charge in [0.25, 0.3) is 0 Å². The van der Waals surface area contributed by atoms with E-state index >= 15 is 0 Å². The second-order valence-corrected chi connectivity index (χ2v) is 3.81. The predicted octanol–water partition coefficient (Wildman–Crippen LogP) is 1.07. The Hall–Kier alpha value is -1.78. The number of aryl methyl sites for hydroxylation is 1. The van der Waals surface area contributed by atoms with Crippen LogP contribution in [0.4, 0.5) is 0 Å². The highest BCUT2D eigenvalue weighted by Gasteiger charge is 2.06. The monoisotopic (exact) mass is 236 g/mol. The zero-order chi connectivity index (χ0) is 12.7. The number of guanidine groups is 1. The minimum Gasteiger partial charge on any atom is -0.490 e. The fraction of sp³-hybridized carbons (Fsp3) is 0.500. The molecule has 1 aromatic heterocycles. The van der Waals surface area contributed by atoms with Gasteiger partial charge in [0, 0.05) is 6.20 Å². The van der Waals surface area contributed by atoms with Crippen molar-refractivity contribution in [1.82, 2.24) is 4.98 Å². The van der Waals surface area contributed by atoms with E-state index in [-0.39, 0.29) is 12.0 Å². The Morgan fingerprint density at radius 3 is 2.76 bits per heavy atom. The zero-order valence-electron chi connectivity index (χ0n) is 10.4. The number of aliphatic imine (C=N–C) groups is 1. The molecule has 0 aromatic carbocycles. The summed E-state index contributed by atoms with van der Waals surface area (Å²) in [5.74, 6) is 0.856. The third-order valence-electron chi connectivity index (χ3n) is 2.42. The van der Waals surface area contributed by atoms with E-state index < -0.39 is 0 Å². The van der Waals surface area contributed by atoms with Crippen molar-refractivity contribution in [3.8, 4) is 5.75 Å². The summed E-state index contributed by atoms with van der Waals surface area (Å²) in [5, 5.41) is 0. The molecule has 0 radical (unpaired) electrons. The van der Waals surface area contributed by atoms with Crippen LogP contribution in [0.25, 0.3) is 0 Å². The van der Waals surface area contributed by atoms with Crippen molar-refractivity contribution in [1.29, 1.82) is 0 Å². The normalized spacial score (nSPS) is 11.9. The van der Waals surface area contributed by atoms with Gasteiger partial charge < -0.3 is 16.2 Å². The molecule has 0 fully saturated rings. The van der Waals surface area contributed by atoms with Crippen LogP contribution in [0.1, 0.15) is 25.8 Å². The number of hydrogen-bond donors (Lipinski definition) is 2. The number of hydrogen-bond acceptors (Lipinski definition) is 3. The molecule has 0 spiro atoms. The van der Waals surface area contributed by atoms with E-state index in [0.717, 1.165) is 24.2 Å². The highest BCUT2D eigenvalue weighted by molar-refractivity contribution is 5.75. The van der Waals surface area contributed by atoms with Gasteiger partial charge in [0.05, 0.1) is 12.2 Å². The van der Waals surface area contributed by atoms with Crippen LogP contribution in [-0.4, -0.2) is 23.6 Å². The molecule has 0 unspecified atom stereocenters. The van der Waals surface area contributed by atoms with Gasteiger partial charge >= 0.3 is 0 Å². The average Bonchev–Trinajstić information content (AvgIpc) is 2.34. The lowest BCUT2D eigenvalue weighted by atomic mass is 10.2. The fourth-order valence-corrected chi connectivity index (χ4v) is 1.39. The minimum absolute atomic E-state index is 0.00900. The van der Waals surface area contributed by atoms with E-state index in [1.165, 1.54) is 0 Å². The molecule has 0 aliphatic carbocycles. The van der Waals surface area contributed by atoms with Crippen molar-refractivity contribution in [3.05, 3.63) is 24.0 Å². The SMILES string of the molecule is CCc1cncc(OC[C@@H](CC)N=C(N)N)c1. The molecule has 0 amide bonds. The second-order valence-electron chi connectivity index (χ2n) is 3.81. The van der Waals surface area contributed by atoms with Crippen LogP contribution in [0, 0.1) is 0 Å². The molecule has 17 heavy (non-hydrogen) atoms. The van der Waals surface area contributed by atoms with Crippen LogP contribution in [0.15, 0.2) is 23.5 Å². The molecule has 5 nitrogen and oxygen atoms in total.